The van der Waals surface area contributed by atoms with Crippen molar-refractivity contribution in [1.29, 1.82) is 0 Å². The van der Waals surface area contributed by atoms with E-state index in [1.165, 1.54) is 44.5 Å². The van der Waals surface area contributed by atoms with Gasteiger partial charge in [-0.15, -0.1) is 0 Å². The van der Waals surface area contributed by atoms with Crippen molar-refractivity contribution in [3.05, 3.63) is 76.8 Å². The molecule has 3 rings (SSSR count). The number of nitrogens with one attached hydrogen (secondary N) is 2. The Hall–Kier alpha value is -3.90. The highest BCUT2D eigenvalue weighted by Gasteiger charge is 2.27. The van der Waals surface area contributed by atoms with Crippen LogP contribution in [0.2, 0.25) is 0 Å². The SMILES string of the molecule is COc1ccc(N(CC(=O)NN=Cc2ccc(N(C)C)c(Br)c2)S(=O)(=O)c2ccc(NC(C)=O)cc2)cc1. The number of benzene rings is 3. The molecule has 0 unspecified atom stereocenters. The van der Waals surface area contributed by atoms with Crippen molar-refractivity contribution < 1.29 is 22.7 Å². The number of ether oxygens (including phenoxy) is 1. The first-order valence-corrected chi connectivity index (χ1v) is 13.6. The van der Waals surface area contributed by atoms with Crippen LogP contribution in [-0.2, 0) is 19.6 Å². The van der Waals surface area contributed by atoms with Gasteiger partial charge in [0.2, 0.25) is 5.91 Å². The lowest BCUT2D eigenvalue weighted by Gasteiger charge is -2.24. The highest BCUT2D eigenvalue weighted by atomic mass is 79.9. The number of carbonyl (C=O) groups excluding carboxylic acids is 2. The molecule has 0 aliphatic rings. The maximum atomic E-state index is 13.6. The molecule has 0 fully saturated rings. The van der Waals surface area contributed by atoms with E-state index in [-0.39, 0.29) is 16.5 Å². The lowest BCUT2D eigenvalue weighted by Crippen LogP contribution is -2.39. The van der Waals surface area contributed by atoms with E-state index in [9.17, 15) is 18.0 Å². The largest absolute Gasteiger partial charge is 0.497 e. The molecular formula is C26H28BrN5O5S. The van der Waals surface area contributed by atoms with E-state index in [1.54, 1.807) is 24.3 Å². The molecule has 0 saturated carbocycles. The Kier molecular flexibility index (Phi) is 9.48. The average molecular weight is 603 g/mol. The average Bonchev–Trinajstić information content (AvgIpc) is 2.87. The summed E-state index contributed by atoms with van der Waals surface area (Å²) in [5, 5.41) is 6.58. The van der Waals surface area contributed by atoms with Gasteiger partial charge in [0.05, 0.1) is 29.6 Å². The summed E-state index contributed by atoms with van der Waals surface area (Å²) in [5.74, 6) is -0.385. The van der Waals surface area contributed by atoms with Gasteiger partial charge in [-0.05, 0) is 82.2 Å². The first-order chi connectivity index (χ1) is 18.0. The summed E-state index contributed by atoms with van der Waals surface area (Å²) < 4.78 is 34.1. The number of sulfonamides is 1. The zero-order chi connectivity index (χ0) is 27.9. The van der Waals surface area contributed by atoms with Gasteiger partial charge < -0.3 is 15.0 Å². The second-order valence-corrected chi connectivity index (χ2v) is 11.0. The Labute approximate surface area is 230 Å². The molecule has 38 heavy (non-hydrogen) atoms. The molecule has 0 aromatic heterocycles. The molecule has 10 nitrogen and oxygen atoms in total. The van der Waals surface area contributed by atoms with Gasteiger partial charge in [-0.2, -0.15) is 5.10 Å². The van der Waals surface area contributed by atoms with Gasteiger partial charge in [-0.3, -0.25) is 13.9 Å². The van der Waals surface area contributed by atoms with E-state index in [0.29, 0.717) is 11.4 Å². The standard InChI is InChI=1S/C26H28BrN5O5S/c1-18(33)29-20-6-12-23(13-7-20)38(35,36)32(21-8-10-22(37-4)11-9-21)17-26(34)30-28-16-19-5-14-25(31(2)3)24(27)15-19/h5-16H,17H2,1-4H3,(H,29,33)(H,30,34). The molecular weight excluding hydrogens is 574 g/mol. The van der Waals surface area contributed by atoms with Crippen LogP contribution >= 0.6 is 15.9 Å². The van der Waals surface area contributed by atoms with Crippen LogP contribution in [0.25, 0.3) is 0 Å². The van der Waals surface area contributed by atoms with E-state index in [1.807, 2.05) is 37.2 Å². The molecule has 0 radical (unpaired) electrons. The molecule has 12 heteroatoms. The summed E-state index contributed by atoms with van der Waals surface area (Å²) in [6, 6.07) is 17.6. The van der Waals surface area contributed by atoms with Crippen LogP contribution in [0.4, 0.5) is 17.1 Å². The number of hydrogen-bond acceptors (Lipinski definition) is 7. The van der Waals surface area contributed by atoms with Crippen LogP contribution in [0.3, 0.4) is 0 Å². The van der Waals surface area contributed by atoms with E-state index < -0.39 is 22.5 Å². The van der Waals surface area contributed by atoms with Crippen LogP contribution in [0.1, 0.15) is 12.5 Å². The van der Waals surface area contributed by atoms with Gasteiger partial charge in [-0.25, -0.2) is 13.8 Å². The minimum atomic E-state index is -4.15. The topological polar surface area (TPSA) is 120 Å². The highest BCUT2D eigenvalue weighted by molar-refractivity contribution is 9.10. The normalized spacial score (nSPS) is 11.2. The van der Waals surface area contributed by atoms with Crippen LogP contribution in [0.15, 0.2) is 81.2 Å². The molecule has 0 heterocycles. The molecule has 0 spiro atoms. The predicted molar refractivity (Wildman–Crippen MR) is 152 cm³/mol. The Balaban J connectivity index is 1.83. The number of methoxy groups -OCH3 is 1. The molecule has 2 amide bonds. The Morgan fingerprint density at radius 1 is 1.03 bits per heavy atom. The summed E-state index contributed by atoms with van der Waals surface area (Å²) >= 11 is 3.50. The Morgan fingerprint density at radius 2 is 1.68 bits per heavy atom. The molecule has 3 aromatic rings. The van der Waals surface area contributed by atoms with Gasteiger partial charge in [0, 0.05) is 31.2 Å². The third kappa shape index (κ3) is 7.33. The summed E-state index contributed by atoms with van der Waals surface area (Å²) in [6.07, 6.45) is 1.47. The molecule has 200 valence electrons. The van der Waals surface area contributed by atoms with Crippen molar-refractivity contribution in [2.75, 3.05) is 42.3 Å². The monoisotopic (exact) mass is 601 g/mol. The van der Waals surface area contributed by atoms with Crippen molar-refractivity contribution in [2.45, 2.75) is 11.8 Å². The molecule has 0 aliphatic heterocycles. The lowest BCUT2D eigenvalue weighted by atomic mass is 10.2. The van der Waals surface area contributed by atoms with Crippen LogP contribution in [0, 0.1) is 0 Å². The third-order valence-corrected chi connectivity index (χ3v) is 7.69. The highest BCUT2D eigenvalue weighted by Crippen LogP contribution is 2.27. The van der Waals surface area contributed by atoms with Gasteiger partial charge in [0.15, 0.2) is 0 Å². The molecule has 0 saturated heterocycles. The first kappa shape index (κ1) is 28.7. The fraction of sp³-hybridized carbons (Fsp3) is 0.192. The first-order valence-electron chi connectivity index (χ1n) is 11.3. The minimum Gasteiger partial charge on any atom is -0.497 e. The van der Waals surface area contributed by atoms with Gasteiger partial charge in [0.1, 0.15) is 12.3 Å². The maximum Gasteiger partial charge on any atom is 0.264 e. The van der Waals surface area contributed by atoms with Crippen molar-refractivity contribution in [2.24, 2.45) is 5.10 Å². The van der Waals surface area contributed by atoms with E-state index >= 15 is 0 Å². The van der Waals surface area contributed by atoms with Crippen LogP contribution in [0.5, 0.6) is 5.75 Å². The van der Waals surface area contributed by atoms with Crippen molar-refractivity contribution in [1.82, 2.24) is 5.43 Å². The molecule has 3 aromatic carbocycles. The van der Waals surface area contributed by atoms with Gasteiger partial charge in [-0.1, -0.05) is 6.07 Å². The molecule has 0 aliphatic carbocycles. The van der Waals surface area contributed by atoms with Crippen molar-refractivity contribution in [3.63, 3.8) is 0 Å². The fourth-order valence-electron chi connectivity index (χ4n) is 3.41. The summed E-state index contributed by atoms with van der Waals surface area (Å²) in [6.45, 7) is 0.831. The number of hydrogen-bond donors (Lipinski definition) is 2. The summed E-state index contributed by atoms with van der Waals surface area (Å²) in [5.41, 5.74) is 4.82. The number of anilines is 3. The number of carbonyl (C=O) groups is 2. The van der Waals surface area contributed by atoms with Gasteiger partial charge in [0.25, 0.3) is 15.9 Å². The van der Waals surface area contributed by atoms with Crippen LogP contribution < -0.4 is 24.7 Å². The Morgan fingerprint density at radius 3 is 2.24 bits per heavy atom. The van der Waals surface area contributed by atoms with Crippen molar-refractivity contribution in [3.8, 4) is 5.75 Å². The fourth-order valence-corrected chi connectivity index (χ4v) is 5.59. The summed E-state index contributed by atoms with van der Waals surface area (Å²) in [4.78, 5) is 26.0. The van der Waals surface area contributed by atoms with E-state index in [2.05, 4.69) is 31.8 Å². The number of nitrogens with zero attached hydrogens (tertiary/aromatic N) is 3. The second-order valence-electron chi connectivity index (χ2n) is 8.31. The smallest absolute Gasteiger partial charge is 0.264 e. The van der Waals surface area contributed by atoms with Crippen LogP contribution in [-0.4, -0.2) is 54.2 Å². The second kappa shape index (κ2) is 12.6. The Bertz CT molecular complexity index is 1430. The number of rotatable bonds is 10. The van der Waals surface area contributed by atoms with E-state index in [4.69, 9.17) is 4.74 Å². The number of hydrazone groups is 1. The number of halogens is 1. The maximum absolute atomic E-state index is 13.6. The zero-order valence-corrected chi connectivity index (χ0v) is 23.7. The molecule has 0 atom stereocenters. The summed E-state index contributed by atoms with van der Waals surface area (Å²) in [7, 11) is 1.19. The van der Waals surface area contributed by atoms with Crippen molar-refractivity contribution >= 4 is 61.0 Å². The molecule has 0 bridgehead atoms. The minimum absolute atomic E-state index is 0.0513. The van der Waals surface area contributed by atoms with E-state index in [0.717, 1.165) is 20.0 Å². The number of amides is 2. The lowest BCUT2D eigenvalue weighted by molar-refractivity contribution is -0.119. The zero-order valence-electron chi connectivity index (χ0n) is 21.3. The predicted octanol–water partition coefficient (Wildman–Crippen LogP) is 3.83. The molecule has 2 N–H and O–H groups in total. The quantitative estimate of drug-likeness (QED) is 0.269. The third-order valence-electron chi connectivity index (χ3n) is 5.27. The van der Waals surface area contributed by atoms with Gasteiger partial charge >= 0.3 is 0 Å².